The van der Waals surface area contributed by atoms with Crippen LogP contribution in [0.25, 0.3) is 0 Å². The zero-order valence-electron chi connectivity index (χ0n) is 11.1. The highest BCUT2D eigenvalue weighted by atomic mass is 16.5. The Morgan fingerprint density at radius 3 is 2.78 bits per heavy atom. The molecular weight excluding hydrogens is 236 g/mol. The highest BCUT2D eigenvalue weighted by molar-refractivity contribution is 5.84. The van der Waals surface area contributed by atoms with E-state index in [1.807, 2.05) is 0 Å². The second-order valence-corrected chi connectivity index (χ2v) is 4.45. The summed E-state index contributed by atoms with van der Waals surface area (Å²) in [7, 11) is 1.59. The fraction of sp³-hybridized carbons (Fsp3) is 0.833. The fourth-order valence-electron chi connectivity index (χ4n) is 2.10. The Kier molecular flexibility index (Phi) is 6.07. The normalized spacial score (nSPS) is 22.8. The number of carbonyl (C=O) groups excluding carboxylic acids is 2. The van der Waals surface area contributed by atoms with Crippen LogP contribution in [-0.2, 0) is 19.1 Å². The van der Waals surface area contributed by atoms with Gasteiger partial charge >= 0.3 is 5.97 Å². The van der Waals surface area contributed by atoms with Gasteiger partial charge in [0, 0.05) is 20.2 Å². The molecular formula is C12H22N2O4. The molecule has 1 fully saturated rings. The topological polar surface area (TPSA) is 76.7 Å². The Labute approximate surface area is 107 Å². The maximum atomic E-state index is 12.1. The molecule has 1 rings (SSSR count). The first kappa shape index (κ1) is 14.9. The predicted octanol–water partition coefficient (Wildman–Crippen LogP) is -0.318. The molecule has 0 saturated carbocycles. The lowest BCUT2D eigenvalue weighted by Crippen LogP contribution is -2.46. The number of hydrogen-bond acceptors (Lipinski definition) is 5. The molecule has 1 atom stereocenters. The van der Waals surface area contributed by atoms with Gasteiger partial charge in [0.05, 0.1) is 25.0 Å². The van der Waals surface area contributed by atoms with Crippen LogP contribution in [-0.4, -0.2) is 51.8 Å². The van der Waals surface area contributed by atoms with Gasteiger partial charge in [0.2, 0.25) is 5.91 Å². The molecule has 18 heavy (non-hydrogen) atoms. The highest BCUT2D eigenvalue weighted by Crippen LogP contribution is 2.25. The molecule has 0 spiro atoms. The summed E-state index contributed by atoms with van der Waals surface area (Å²) >= 11 is 0. The quantitative estimate of drug-likeness (QED) is 0.612. The van der Waals surface area contributed by atoms with Crippen LogP contribution in [0.1, 0.15) is 19.8 Å². The van der Waals surface area contributed by atoms with Gasteiger partial charge in [0.1, 0.15) is 0 Å². The van der Waals surface area contributed by atoms with E-state index in [0.717, 1.165) is 13.0 Å². The van der Waals surface area contributed by atoms with Crippen LogP contribution in [0, 0.1) is 5.41 Å². The summed E-state index contributed by atoms with van der Waals surface area (Å²) in [6.45, 7) is 4.26. The summed E-state index contributed by atoms with van der Waals surface area (Å²) in [5.74, 6) is -0.346. The molecule has 0 aliphatic carbocycles. The Morgan fingerprint density at radius 1 is 1.44 bits per heavy atom. The largest absolute Gasteiger partial charge is 0.466 e. The summed E-state index contributed by atoms with van der Waals surface area (Å²) in [6, 6.07) is 0. The molecule has 1 aliphatic heterocycles. The van der Waals surface area contributed by atoms with E-state index in [9.17, 15) is 9.59 Å². The first-order valence-corrected chi connectivity index (χ1v) is 6.28. The Bertz CT molecular complexity index is 288. The third-order valence-electron chi connectivity index (χ3n) is 3.07. The first-order valence-electron chi connectivity index (χ1n) is 6.28. The Balaban J connectivity index is 2.36. The molecule has 0 aromatic rings. The molecule has 1 aliphatic rings. The average Bonchev–Trinajstić information content (AvgIpc) is 2.79. The van der Waals surface area contributed by atoms with E-state index in [4.69, 9.17) is 9.47 Å². The molecule has 104 valence electrons. The molecule has 6 heteroatoms. The number of nitrogens with one attached hydrogen (secondary N) is 2. The molecule has 1 unspecified atom stereocenters. The van der Waals surface area contributed by atoms with Crippen molar-refractivity contribution in [3.8, 4) is 0 Å². The zero-order valence-corrected chi connectivity index (χ0v) is 11.1. The molecule has 0 radical (unpaired) electrons. The standard InChI is InChI=1S/C12H22N2O4/c1-3-18-10(15)4-6-14-11(16)12(9-17-2)5-7-13-8-12/h13H,3-9H2,1-2H3,(H,14,16). The van der Waals surface area contributed by atoms with Crippen molar-refractivity contribution >= 4 is 11.9 Å². The van der Waals surface area contributed by atoms with Crippen LogP contribution in [0.4, 0.5) is 0 Å². The van der Waals surface area contributed by atoms with Crippen LogP contribution in [0.5, 0.6) is 0 Å². The van der Waals surface area contributed by atoms with E-state index in [1.54, 1.807) is 14.0 Å². The molecule has 0 aromatic heterocycles. The smallest absolute Gasteiger partial charge is 0.307 e. The number of carbonyl (C=O) groups is 2. The van der Waals surface area contributed by atoms with Crippen molar-refractivity contribution in [3.63, 3.8) is 0 Å². The Hall–Kier alpha value is -1.14. The van der Waals surface area contributed by atoms with E-state index in [-0.39, 0.29) is 18.3 Å². The number of amides is 1. The molecule has 0 aromatic carbocycles. The van der Waals surface area contributed by atoms with Crippen molar-refractivity contribution < 1.29 is 19.1 Å². The maximum absolute atomic E-state index is 12.1. The average molecular weight is 258 g/mol. The minimum atomic E-state index is -0.497. The minimum absolute atomic E-state index is 0.0568. The van der Waals surface area contributed by atoms with Crippen molar-refractivity contribution in [1.29, 1.82) is 0 Å². The maximum Gasteiger partial charge on any atom is 0.307 e. The molecule has 1 saturated heterocycles. The second-order valence-electron chi connectivity index (χ2n) is 4.45. The summed E-state index contributed by atoms with van der Waals surface area (Å²) in [4.78, 5) is 23.3. The molecule has 6 nitrogen and oxygen atoms in total. The lowest BCUT2D eigenvalue weighted by molar-refractivity contribution is -0.143. The van der Waals surface area contributed by atoms with Gasteiger partial charge in [-0.25, -0.2) is 0 Å². The van der Waals surface area contributed by atoms with Gasteiger partial charge in [-0.2, -0.15) is 0 Å². The van der Waals surface area contributed by atoms with E-state index in [2.05, 4.69) is 10.6 Å². The van der Waals surface area contributed by atoms with Gasteiger partial charge in [-0.1, -0.05) is 0 Å². The van der Waals surface area contributed by atoms with Crippen molar-refractivity contribution in [2.45, 2.75) is 19.8 Å². The van der Waals surface area contributed by atoms with E-state index >= 15 is 0 Å². The summed E-state index contributed by atoms with van der Waals surface area (Å²) < 4.78 is 9.92. The number of methoxy groups -OCH3 is 1. The van der Waals surface area contributed by atoms with Gasteiger partial charge < -0.3 is 20.1 Å². The lowest BCUT2D eigenvalue weighted by atomic mass is 9.87. The van der Waals surface area contributed by atoms with E-state index < -0.39 is 5.41 Å². The predicted molar refractivity (Wildman–Crippen MR) is 66.1 cm³/mol. The third-order valence-corrected chi connectivity index (χ3v) is 3.07. The van der Waals surface area contributed by atoms with Gasteiger partial charge in [-0.3, -0.25) is 9.59 Å². The van der Waals surface area contributed by atoms with Gasteiger partial charge in [-0.05, 0) is 19.9 Å². The highest BCUT2D eigenvalue weighted by Gasteiger charge is 2.41. The number of hydrogen-bond donors (Lipinski definition) is 2. The molecule has 1 heterocycles. The van der Waals surface area contributed by atoms with Crippen molar-refractivity contribution in [1.82, 2.24) is 10.6 Å². The lowest BCUT2D eigenvalue weighted by Gasteiger charge is -2.25. The monoisotopic (exact) mass is 258 g/mol. The van der Waals surface area contributed by atoms with Crippen LogP contribution in [0.15, 0.2) is 0 Å². The van der Waals surface area contributed by atoms with Gasteiger partial charge in [0.15, 0.2) is 0 Å². The van der Waals surface area contributed by atoms with Crippen molar-refractivity contribution in [2.24, 2.45) is 5.41 Å². The summed E-state index contributed by atoms with van der Waals surface area (Å²) in [5.41, 5.74) is -0.497. The molecule has 1 amide bonds. The van der Waals surface area contributed by atoms with Crippen molar-refractivity contribution in [3.05, 3.63) is 0 Å². The summed E-state index contributed by atoms with van der Waals surface area (Å²) in [5, 5.41) is 5.95. The van der Waals surface area contributed by atoms with Crippen molar-refractivity contribution in [2.75, 3.05) is 40.0 Å². The summed E-state index contributed by atoms with van der Waals surface area (Å²) in [6.07, 6.45) is 0.960. The van der Waals surface area contributed by atoms with Crippen LogP contribution in [0.2, 0.25) is 0 Å². The van der Waals surface area contributed by atoms with E-state index in [1.165, 1.54) is 0 Å². The van der Waals surface area contributed by atoms with Crippen LogP contribution >= 0.6 is 0 Å². The SMILES string of the molecule is CCOC(=O)CCNC(=O)C1(COC)CCNC1. The number of rotatable bonds is 7. The van der Waals surface area contributed by atoms with Gasteiger partial charge in [-0.15, -0.1) is 0 Å². The minimum Gasteiger partial charge on any atom is -0.466 e. The fourth-order valence-corrected chi connectivity index (χ4v) is 2.10. The third kappa shape index (κ3) is 3.96. The number of esters is 1. The number of ether oxygens (including phenoxy) is 2. The molecule has 0 bridgehead atoms. The van der Waals surface area contributed by atoms with Gasteiger partial charge in [0.25, 0.3) is 0 Å². The second kappa shape index (κ2) is 7.33. The van der Waals surface area contributed by atoms with E-state index in [0.29, 0.717) is 26.3 Å². The molecule has 2 N–H and O–H groups in total. The Morgan fingerprint density at radius 2 is 2.22 bits per heavy atom. The van der Waals surface area contributed by atoms with Crippen LogP contribution in [0.3, 0.4) is 0 Å². The first-order chi connectivity index (χ1) is 8.64. The zero-order chi connectivity index (χ0) is 13.4. The van der Waals surface area contributed by atoms with Crippen LogP contribution < -0.4 is 10.6 Å².